The van der Waals surface area contributed by atoms with Crippen molar-refractivity contribution in [1.82, 2.24) is 4.98 Å². The molecule has 1 atom stereocenters. The van der Waals surface area contributed by atoms with Gasteiger partial charge < -0.3 is 14.6 Å². The molecule has 0 spiro atoms. The molecule has 0 aromatic carbocycles. The Morgan fingerprint density at radius 1 is 1.38 bits per heavy atom. The first-order valence-corrected chi connectivity index (χ1v) is 7.90. The summed E-state index contributed by atoms with van der Waals surface area (Å²) in [6.45, 7) is 1.93. The van der Waals surface area contributed by atoms with Crippen molar-refractivity contribution in [3.63, 3.8) is 0 Å². The lowest BCUT2D eigenvalue weighted by Crippen LogP contribution is -2.05. The normalized spacial score (nSPS) is 17.5. The molecule has 21 heavy (non-hydrogen) atoms. The summed E-state index contributed by atoms with van der Waals surface area (Å²) in [4.78, 5) is 4.45. The monoisotopic (exact) mass is 307 g/mol. The lowest BCUT2D eigenvalue weighted by molar-refractivity contribution is 0.272. The molecule has 1 aromatic heterocycles. The first-order valence-electron chi connectivity index (χ1n) is 6.85. The minimum atomic E-state index is -0.0552. The molecule has 0 aliphatic heterocycles. The van der Waals surface area contributed by atoms with Crippen LogP contribution in [0.25, 0.3) is 0 Å². The summed E-state index contributed by atoms with van der Waals surface area (Å²) in [5.74, 6) is 2.48. The van der Waals surface area contributed by atoms with E-state index in [1.165, 1.54) is 0 Å². The van der Waals surface area contributed by atoms with Crippen LogP contribution >= 0.6 is 11.8 Å². The molecule has 1 unspecified atom stereocenters. The van der Waals surface area contributed by atoms with Gasteiger partial charge in [-0.05, 0) is 25.5 Å². The van der Waals surface area contributed by atoms with Crippen molar-refractivity contribution in [2.24, 2.45) is 0 Å². The fourth-order valence-electron chi connectivity index (χ4n) is 2.27. The Morgan fingerprint density at radius 2 is 2.19 bits per heavy atom. The van der Waals surface area contributed by atoms with E-state index in [1.807, 2.05) is 24.8 Å². The zero-order valence-corrected chi connectivity index (χ0v) is 13.4. The average molecular weight is 307 g/mol. The van der Waals surface area contributed by atoms with Crippen molar-refractivity contribution in [2.45, 2.75) is 31.0 Å². The van der Waals surface area contributed by atoms with E-state index in [9.17, 15) is 5.11 Å². The topological polar surface area (TPSA) is 51.6 Å². The van der Waals surface area contributed by atoms with Crippen molar-refractivity contribution in [2.75, 3.05) is 14.2 Å². The van der Waals surface area contributed by atoms with E-state index in [2.05, 4.69) is 17.1 Å². The molecule has 5 heteroatoms. The van der Waals surface area contributed by atoms with Gasteiger partial charge in [0.05, 0.1) is 26.5 Å². The summed E-state index contributed by atoms with van der Waals surface area (Å²) in [5.41, 5.74) is 2.74. The summed E-state index contributed by atoms with van der Waals surface area (Å²) < 4.78 is 10.6. The zero-order chi connectivity index (χ0) is 15.2. The minimum absolute atomic E-state index is 0.0552. The Hall–Kier alpha value is -1.46. The second-order valence-electron chi connectivity index (χ2n) is 4.80. The van der Waals surface area contributed by atoms with Crippen molar-refractivity contribution in [3.8, 4) is 5.75 Å². The minimum Gasteiger partial charge on any atom is -0.497 e. The van der Waals surface area contributed by atoms with Crippen LogP contribution in [0, 0.1) is 6.92 Å². The largest absolute Gasteiger partial charge is 0.497 e. The third-order valence-corrected chi connectivity index (χ3v) is 4.73. The molecule has 114 valence electrons. The summed E-state index contributed by atoms with van der Waals surface area (Å²) in [5, 5.41) is 9.73. The number of pyridine rings is 1. The van der Waals surface area contributed by atoms with Gasteiger partial charge in [0.25, 0.3) is 0 Å². The number of hydrogen-bond donors (Lipinski definition) is 1. The van der Waals surface area contributed by atoms with Crippen LogP contribution in [0.4, 0.5) is 0 Å². The number of hydrogen-bond acceptors (Lipinski definition) is 5. The number of nitrogens with zero attached hydrogens (tertiary/aromatic N) is 1. The third-order valence-electron chi connectivity index (χ3n) is 3.51. The number of aliphatic hydroxyl groups excluding tert-OH is 1. The van der Waals surface area contributed by atoms with Gasteiger partial charge >= 0.3 is 0 Å². The molecule has 2 rings (SSSR count). The maximum Gasteiger partial charge on any atom is 0.130 e. The molecular formula is C16H21NO3S. The van der Waals surface area contributed by atoms with Gasteiger partial charge in [0.2, 0.25) is 0 Å². The van der Waals surface area contributed by atoms with Gasteiger partial charge in [-0.15, -0.1) is 11.8 Å². The van der Waals surface area contributed by atoms with Gasteiger partial charge in [-0.1, -0.05) is 6.08 Å². The SMILES string of the molecule is COC1=CCC(SCc2ncc(CO)c(OC)c2C)C=C1. The Bertz CT molecular complexity index is 555. The van der Waals surface area contributed by atoms with Crippen LogP contribution in [-0.2, 0) is 17.1 Å². The maximum atomic E-state index is 9.29. The van der Waals surface area contributed by atoms with Crippen LogP contribution in [0.5, 0.6) is 5.75 Å². The van der Waals surface area contributed by atoms with E-state index < -0.39 is 0 Å². The van der Waals surface area contributed by atoms with E-state index in [0.29, 0.717) is 5.25 Å². The molecule has 1 heterocycles. The number of allylic oxidation sites excluding steroid dienone is 2. The lowest BCUT2D eigenvalue weighted by atomic mass is 10.1. The zero-order valence-electron chi connectivity index (χ0n) is 12.6. The number of methoxy groups -OCH3 is 2. The van der Waals surface area contributed by atoms with E-state index in [-0.39, 0.29) is 6.61 Å². The van der Waals surface area contributed by atoms with E-state index in [4.69, 9.17) is 9.47 Å². The second-order valence-corrected chi connectivity index (χ2v) is 6.03. The van der Waals surface area contributed by atoms with Crippen molar-refractivity contribution in [1.29, 1.82) is 0 Å². The molecule has 0 fully saturated rings. The lowest BCUT2D eigenvalue weighted by Gasteiger charge is -2.17. The smallest absolute Gasteiger partial charge is 0.130 e. The summed E-state index contributed by atoms with van der Waals surface area (Å²) >= 11 is 1.84. The van der Waals surface area contributed by atoms with Crippen LogP contribution in [0.3, 0.4) is 0 Å². The summed E-state index contributed by atoms with van der Waals surface area (Å²) in [6, 6.07) is 0. The highest BCUT2D eigenvalue weighted by Crippen LogP contribution is 2.30. The number of aliphatic hydroxyl groups is 1. The number of aromatic nitrogens is 1. The fourth-order valence-corrected chi connectivity index (χ4v) is 3.35. The highest BCUT2D eigenvalue weighted by atomic mass is 32.2. The Kier molecular flexibility index (Phi) is 5.70. The predicted octanol–water partition coefficient (Wildman–Crippen LogP) is 2.98. The summed E-state index contributed by atoms with van der Waals surface area (Å²) in [7, 11) is 3.31. The van der Waals surface area contributed by atoms with Crippen LogP contribution in [-0.4, -0.2) is 29.6 Å². The first-order chi connectivity index (χ1) is 10.2. The van der Waals surface area contributed by atoms with Gasteiger partial charge in [-0.2, -0.15) is 0 Å². The molecule has 1 N–H and O–H groups in total. The van der Waals surface area contributed by atoms with Gasteiger partial charge in [0.1, 0.15) is 11.5 Å². The molecule has 4 nitrogen and oxygen atoms in total. The van der Waals surface area contributed by atoms with Gasteiger partial charge in [0.15, 0.2) is 0 Å². The van der Waals surface area contributed by atoms with Crippen molar-refractivity contribution >= 4 is 11.8 Å². The van der Waals surface area contributed by atoms with Crippen LogP contribution in [0.2, 0.25) is 0 Å². The van der Waals surface area contributed by atoms with E-state index in [1.54, 1.807) is 20.4 Å². The van der Waals surface area contributed by atoms with Gasteiger partial charge in [-0.25, -0.2) is 0 Å². The quantitative estimate of drug-likeness (QED) is 0.875. The maximum absolute atomic E-state index is 9.29. The third kappa shape index (κ3) is 3.80. The molecule has 1 aliphatic rings. The van der Waals surface area contributed by atoms with Gasteiger partial charge in [0, 0.05) is 28.3 Å². The number of thioether (sulfide) groups is 1. The number of ether oxygens (including phenoxy) is 2. The highest BCUT2D eigenvalue weighted by Gasteiger charge is 2.14. The molecule has 1 aliphatic carbocycles. The second kappa shape index (κ2) is 7.52. The molecule has 0 saturated carbocycles. The van der Waals surface area contributed by atoms with Gasteiger partial charge in [-0.3, -0.25) is 4.98 Å². The molecular weight excluding hydrogens is 286 g/mol. The average Bonchev–Trinajstić information content (AvgIpc) is 2.53. The number of rotatable bonds is 6. The molecule has 0 saturated heterocycles. The van der Waals surface area contributed by atoms with E-state index in [0.717, 1.165) is 40.5 Å². The van der Waals surface area contributed by atoms with Crippen LogP contribution in [0.1, 0.15) is 23.2 Å². The van der Waals surface area contributed by atoms with Crippen molar-refractivity contribution in [3.05, 3.63) is 47.0 Å². The Labute approximate surface area is 129 Å². The predicted molar refractivity (Wildman–Crippen MR) is 85.4 cm³/mol. The Morgan fingerprint density at radius 3 is 2.76 bits per heavy atom. The standard InChI is InChI=1S/C16H21NO3S/c1-11-15(17-8-12(9-18)16(11)20-3)10-21-14-6-4-13(19-2)5-7-14/h4-6,8,14,18H,7,9-10H2,1-3H3. The van der Waals surface area contributed by atoms with Crippen LogP contribution in [0.15, 0.2) is 30.2 Å². The Balaban J connectivity index is 2.01. The highest BCUT2D eigenvalue weighted by molar-refractivity contribution is 7.99. The van der Waals surface area contributed by atoms with Crippen molar-refractivity contribution < 1.29 is 14.6 Å². The molecule has 0 radical (unpaired) electrons. The molecule has 0 amide bonds. The fraction of sp³-hybridized carbons (Fsp3) is 0.438. The summed E-state index contributed by atoms with van der Waals surface area (Å²) in [6.07, 6.45) is 8.94. The van der Waals surface area contributed by atoms with Crippen LogP contribution < -0.4 is 4.74 Å². The molecule has 0 bridgehead atoms. The van der Waals surface area contributed by atoms with E-state index >= 15 is 0 Å². The molecule has 1 aromatic rings. The first kappa shape index (κ1) is 15.9.